The summed E-state index contributed by atoms with van der Waals surface area (Å²) in [5.74, 6) is 0. The smallest absolute Gasteiger partial charge is 0.307 e. The van der Waals surface area contributed by atoms with E-state index in [4.69, 9.17) is 31.6 Å². The van der Waals surface area contributed by atoms with E-state index < -0.39 is 24.3 Å². The normalized spacial score (nSPS) is 12.4. The van der Waals surface area contributed by atoms with Crippen LogP contribution in [0.2, 0.25) is 10.0 Å². The lowest BCUT2D eigenvalue weighted by molar-refractivity contribution is 0.639. The first-order valence-electron chi connectivity index (χ1n) is 24.3. The standard InChI is InChI=1S/C64H48Cl2NO2PSi2/c1-45(46-23-9-2-10-24-46)67-70-68-63-59(71(51-25-11-3-12-26-51,52-27-13-4-14-28-52)53-29-15-5-16-30-53)43-47-41-49(65)37-39-57(47)61(63)62-58-40-38-50(66)42-48(58)44-60(64(62)69-70)72(54-31-17-6-18-32-54,55-33-19-7-20-34-55)56-35-21-8-22-36-56/h2-45,67H,1H3/t45-/m0/s1. The second kappa shape index (κ2) is 19.4. The zero-order valence-electron chi connectivity index (χ0n) is 39.4. The summed E-state index contributed by atoms with van der Waals surface area (Å²) in [6, 6.07) is 94.0. The van der Waals surface area contributed by atoms with Crippen molar-refractivity contribution in [2.24, 2.45) is 0 Å². The first kappa shape index (κ1) is 45.9. The second-order valence-electron chi connectivity index (χ2n) is 18.4. The summed E-state index contributed by atoms with van der Waals surface area (Å²) in [6.45, 7) is 2.19. The van der Waals surface area contributed by atoms with Gasteiger partial charge in [0.2, 0.25) is 0 Å². The van der Waals surface area contributed by atoms with Crippen LogP contribution in [0.4, 0.5) is 0 Å². The van der Waals surface area contributed by atoms with Gasteiger partial charge in [-0.15, -0.1) is 0 Å². The van der Waals surface area contributed by atoms with Crippen molar-refractivity contribution in [2.75, 3.05) is 5.09 Å². The van der Waals surface area contributed by atoms with Gasteiger partial charge in [-0.3, -0.25) is 0 Å². The summed E-state index contributed by atoms with van der Waals surface area (Å²) < 4.78 is 15.9. The number of nitrogens with one attached hydrogen (secondary N) is 1. The van der Waals surface area contributed by atoms with Gasteiger partial charge in [-0.2, -0.15) is 0 Å². The van der Waals surface area contributed by atoms with Crippen molar-refractivity contribution in [3.05, 3.63) is 276 Å². The Hall–Kier alpha value is -7.19. The molecule has 12 aromatic rings. The Balaban J connectivity index is 1.39. The predicted octanol–water partition coefficient (Wildman–Crippen LogP) is 13.0. The second-order valence-corrected chi connectivity index (χ2v) is 27.9. The third-order valence-electron chi connectivity index (χ3n) is 14.4. The van der Waals surface area contributed by atoms with Crippen molar-refractivity contribution in [1.82, 2.24) is 0 Å². The Morgan fingerprint density at radius 1 is 0.375 bits per heavy atom. The highest BCUT2D eigenvalue weighted by molar-refractivity contribution is 7.38. The average molecular weight is 1020 g/mol. The monoisotopic (exact) mass is 1020 g/mol. The first-order valence-corrected chi connectivity index (χ1v) is 30.2. The zero-order chi connectivity index (χ0) is 48.7. The van der Waals surface area contributed by atoms with E-state index in [2.05, 4.69) is 261 Å². The van der Waals surface area contributed by atoms with Crippen LogP contribution in [0.1, 0.15) is 18.5 Å². The van der Waals surface area contributed by atoms with Gasteiger partial charge in [-0.1, -0.05) is 260 Å². The van der Waals surface area contributed by atoms with Crippen molar-refractivity contribution >= 4 is 132 Å². The topological polar surface area (TPSA) is 38.3 Å². The van der Waals surface area contributed by atoms with E-state index in [-0.39, 0.29) is 6.04 Å². The lowest BCUT2D eigenvalue weighted by atomic mass is 9.98. The molecule has 0 saturated heterocycles. The van der Waals surface area contributed by atoms with Crippen LogP contribution in [-0.4, -0.2) is 16.1 Å². The van der Waals surface area contributed by atoms with Gasteiger partial charge < -0.3 is 8.39 Å². The molecule has 0 unspecified atom stereocenters. The fourth-order valence-electron chi connectivity index (χ4n) is 11.2. The highest BCUT2D eigenvalue weighted by Crippen LogP contribution is 2.42. The summed E-state index contributed by atoms with van der Waals surface area (Å²) in [5.41, 5.74) is 2.69. The highest BCUT2D eigenvalue weighted by atomic mass is 35.5. The molecule has 3 nitrogen and oxygen atoms in total. The maximum absolute atomic E-state index is 7.95. The van der Waals surface area contributed by atoms with Gasteiger partial charge in [0, 0.05) is 26.9 Å². The van der Waals surface area contributed by atoms with Crippen LogP contribution < -0.4 is 46.6 Å². The molecule has 12 rings (SSSR count). The molecular formula is C64H48Cl2NO2PSi2. The number of hydrogen-bond acceptors (Lipinski definition) is 3. The van der Waals surface area contributed by atoms with Crippen LogP contribution >= 0.6 is 31.4 Å². The fourth-order valence-corrected chi connectivity index (χ4v) is 22.9. The molecule has 11 aromatic carbocycles. The van der Waals surface area contributed by atoms with Gasteiger partial charge in [0.15, 0.2) is 16.1 Å². The zero-order valence-corrected chi connectivity index (χ0v) is 43.8. The molecule has 0 bridgehead atoms. The van der Waals surface area contributed by atoms with Crippen LogP contribution in [0.25, 0.3) is 43.5 Å². The first-order chi connectivity index (χ1) is 35.4. The van der Waals surface area contributed by atoms with E-state index in [1.807, 2.05) is 12.1 Å². The highest BCUT2D eigenvalue weighted by Gasteiger charge is 2.46. The molecule has 1 heterocycles. The van der Waals surface area contributed by atoms with Crippen molar-refractivity contribution in [2.45, 2.75) is 13.0 Å². The number of benzene rings is 11. The maximum atomic E-state index is 7.95. The minimum Gasteiger partial charge on any atom is -0.408 e. The Kier molecular flexibility index (Phi) is 12.4. The van der Waals surface area contributed by atoms with E-state index in [1.165, 1.54) is 31.1 Å². The summed E-state index contributed by atoms with van der Waals surface area (Å²) in [5, 5.41) is 20.8. The minimum atomic E-state index is -3.33. The molecule has 0 aliphatic rings. The number of rotatable bonds is 11. The summed E-state index contributed by atoms with van der Waals surface area (Å²) >= 11 is 14.3. The minimum absolute atomic E-state index is 0.147. The number of halogens is 2. The molecule has 0 amide bonds. The molecule has 0 fully saturated rings. The van der Waals surface area contributed by atoms with Crippen molar-refractivity contribution in [1.29, 1.82) is 0 Å². The molecule has 1 atom stereocenters. The summed E-state index contributed by atoms with van der Waals surface area (Å²) in [4.78, 5) is 0. The molecule has 0 aliphatic heterocycles. The van der Waals surface area contributed by atoms with E-state index >= 15 is 0 Å². The summed E-state index contributed by atoms with van der Waals surface area (Å²) in [7, 11) is -8.61. The number of hydrogen-bond donors (Lipinski definition) is 1. The molecule has 1 aromatic heterocycles. The maximum Gasteiger partial charge on any atom is 0.307 e. The molecule has 72 heavy (non-hydrogen) atoms. The molecular weight excluding hydrogens is 973 g/mol. The third kappa shape index (κ3) is 7.85. The molecule has 0 aliphatic carbocycles. The lowest BCUT2D eigenvalue weighted by Gasteiger charge is -2.35. The third-order valence-corrected chi connectivity index (χ3v) is 25.7. The quantitative estimate of drug-likeness (QED) is 0.104. The van der Waals surface area contributed by atoms with Crippen molar-refractivity contribution < 1.29 is 8.39 Å². The molecule has 0 radical (unpaired) electrons. The molecule has 348 valence electrons. The van der Waals surface area contributed by atoms with Gasteiger partial charge >= 0.3 is 8.16 Å². The average Bonchev–Trinajstić information content (AvgIpc) is 3.61. The fraction of sp³-hybridized carbons (Fsp3) is 0.0312. The molecule has 1 N–H and O–H groups in total. The molecule has 0 saturated carbocycles. The van der Waals surface area contributed by atoms with Crippen molar-refractivity contribution in [3.63, 3.8) is 0 Å². The van der Waals surface area contributed by atoms with E-state index in [9.17, 15) is 0 Å². The van der Waals surface area contributed by atoms with Crippen LogP contribution in [0, 0.1) is 0 Å². The molecule has 8 heteroatoms. The Bertz CT molecular complexity index is 3500. The van der Waals surface area contributed by atoms with E-state index in [1.54, 1.807) is 0 Å². The SMILES string of the molecule is C[C@H](Np1oc2c([Si](c3ccccc3)(c3ccccc3)c3ccccc3)cc3cc(Cl)ccc3c2c2c(o1)c([Si](c1ccccc1)(c1ccccc1)c1ccccc1)cc1cc(Cl)ccc12)c1ccccc1. The Morgan fingerprint density at radius 3 is 0.972 bits per heavy atom. The van der Waals surface area contributed by atoms with Crippen LogP contribution in [0.3, 0.4) is 0 Å². The van der Waals surface area contributed by atoms with Gasteiger partial charge in [0.25, 0.3) is 0 Å². The van der Waals surface area contributed by atoms with E-state index in [0.29, 0.717) is 10.0 Å². The van der Waals surface area contributed by atoms with Crippen molar-refractivity contribution in [3.8, 4) is 0 Å². The van der Waals surface area contributed by atoms with E-state index in [0.717, 1.165) is 59.4 Å². The lowest BCUT2D eigenvalue weighted by Crippen LogP contribution is -2.75. The van der Waals surface area contributed by atoms with Gasteiger partial charge in [0.1, 0.15) is 11.2 Å². The van der Waals surface area contributed by atoms with Crippen LogP contribution in [0.5, 0.6) is 0 Å². The van der Waals surface area contributed by atoms with Gasteiger partial charge in [0.05, 0.1) is 0 Å². The largest absolute Gasteiger partial charge is 0.408 e. The van der Waals surface area contributed by atoms with Gasteiger partial charge in [-0.05, 0) is 99.8 Å². The Labute approximate surface area is 432 Å². The molecule has 0 spiro atoms. The van der Waals surface area contributed by atoms with Gasteiger partial charge in [-0.25, -0.2) is 5.09 Å². The van der Waals surface area contributed by atoms with Crippen LogP contribution in [-0.2, 0) is 0 Å². The number of fused-ring (bicyclic) bond motifs is 7. The summed E-state index contributed by atoms with van der Waals surface area (Å²) in [6.07, 6.45) is 0. The van der Waals surface area contributed by atoms with Crippen LogP contribution in [0.15, 0.2) is 269 Å². The predicted molar refractivity (Wildman–Crippen MR) is 313 cm³/mol. The Morgan fingerprint density at radius 2 is 0.667 bits per heavy atom.